The van der Waals surface area contributed by atoms with E-state index in [9.17, 15) is 4.79 Å². The Kier molecular flexibility index (Phi) is 2.01. The molecule has 0 aliphatic rings. The van der Waals surface area contributed by atoms with Crippen LogP contribution in [-0.2, 0) is 0 Å². The highest BCUT2D eigenvalue weighted by molar-refractivity contribution is 6.99. The Balaban J connectivity index is 2.08. The molecule has 2 aromatic rings. The number of H-pyrrole nitrogens is 1. The number of nitrogens with zero attached hydrogens (tertiary/aromatic N) is 3. The van der Waals surface area contributed by atoms with E-state index in [0.717, 1.165) is 11.7 Å². The predicted octanol–water partition coefficient (Wildman–Crippen LogP) is 0.513. The molecule has 0 radical (unpaired) electrons. The number of hydrogen-bond donors (Lipinski definition) is 2. The van der Waals surface area contributed by atoms with Crippen molar-refractivity contribution in [1.29, 1.82) is 0 Å². The molecule has 0 spiro atoms. The van der Waals surface area contributed by atoms with Gasteiger partial charge in [0.15, 0.2) is 5.69 Å². The van der Waals surface area contributed by atoms with Crippen LogP contribution in [0.2, 0.25) is 0 Å². The zero-order valence-electron chi connectivity index (χ0n) is 6.39. The second-order valence-corrected chi connectivity index (χ2v) is 2.79. The minimum absolute atomic E-state index is 0.282. The van der Waals surface area contributed by atoms with Crippen LogP contribution in [0.3, 0.4) is 0 Å². The van der Waals surface area contributed by atoms with E-state index in [1.165, 1.54) is 12.4 Å². The first kappa shape index (κ1) is 7.87. The van der Waals surface area contributed by atoms with Crippen molar-refractivity contribution >= 4 is 23.3 Å². The van der Waals surface area contributed by atoms with E-state index in [-0.39, 0.29) is 5.91 Å². The molecule has 0 fully saturated rings. The fraction of sp³-hybridized carbons (Fsp3) is 0. The second kappa shape index (κ2) is 3.31. The van der Waals surface area contributed by atoms with Crippen molar-refractivity contribution in [1.82, 2.24) is 18.9 Å². The Hall–Kier alpha value is -1.76. The molecule has 66 valence electrons. The van der Waals surface area contributed by atoms with Crippen LogP contribution in [0.5, 0.6) is 0 Å². The quantitative estimate of drug-likeness (QED) is 0.731. The Morgan fingerprint density at radius 2 is 2.46 bits per heavy atom. The third-order valence-corrected chi connectivity index (χ3v) is 1.83. The van der Waals surface area contributed by atoms with E-state index in [2.05, 4.69) is 24.3 Å². The summed E-state index contributed by atoms with van der Waals surface area (Å²) in [5.41, 5.74) is 0.921. The summed E-state index contributed by atoms with van der Waals surface area (Å²) in [7, 11) is 0. The molecule has 0 aliphatic carbocycles. The topological polar surface area (TPSA) is 83.6 Å². The molecule has 0 saturated carbocycles. The van der Waals surface area contributed by atoms with E-state index < -0.39 is 0 Å². The van der Waals surface area contributed by atoms with Crippen LogP contribution in [-0.4, -0.2) is 24.9 Å². The number of aromatic amines is 1. The Morgan fingerprint density at radius 1 is 1.54 bits per heavy atom. The molecule has 13 heavy (non-hydrogen) atoms. The fourth-order valence-electron chi connectivity index (χ4n) is 0.779. The SMILES string of the molecule is O=C(Nc1cn[nH]c1)c1cnsn1. The molecule has 0 aliphatic heterocycles. The zero-order chi connectivity index (χ0) is 9.10. The van der Waals surface area contributed by atoms with Gasteiger partial charge in [0.05, 0.1) is 29.8 Å². The molecule has 2 rings (SSSR count). The van der Waals surface area contributed by atoms with Gasteiger partial charge < -0.3 is 5.32 Å². The van der Waals surface area contributed by atoms with Gasteiger partial charge in [-0.15, -0.1) is 0 Å². The monoisotopic (exact) mass is 195 g/mol. The van der Waals surface area contributed by atoms with Crippen molar-refractivity contribution < 1.29 is 4.79 Å². The third-order valence-electron chi connectivity index (χ3n) is 1.35. The van der Waals surface area contributed by atoms with Crippen LogP contribution in [0, 0.1) is 0 Å². The summed E-state index contributed by atoms with van der Waals surface area (Å²) in [6.07, 6.45) is 4.51. The number of carbonyl (C=O) groups is 1. The number of aromatic nitrogens is 4. The molecule has 6 nitrogen and oxygen atoms in total. The standard InChI is InChI=1S/C6H5N5OS/c12-6(5-3-9-13-11-5)10-4-1-7-8-2-4/h1-3H,(H,7,8)(H,10,12). The third kappa shape index (κ3) is 1.70. The number of amides is 1. The van der Waals surface area contributed by atoms with Crippen LogP contribution in [0.15, 0.2) is 18.6 Å². The summed E-state index contributed by atoms with van der Waals surface area (Å²) >= 11 is 0.996. The number of hydrogen-bond acceptors (Lipinski definition) is 5. The largest absolute Gasteiger partial charge is 0.318 e. The minimum atomic E-state index is -0.282. The molecular weight excluding hydrogens is 190 g/mol. The number of rotatable bonds is 2. The lowest BCUT2D eigenvalue weighted by atomic mass is 10.4. The summed E-state index contributed by atoms with van der Waals surface area (Å²) in [6, 6.07) is 0. The van der Waals surface area contributed by atoms with E-state index in [1.807, 2.05) is 0 Å². The van der Waals surface area contributed by atoms with Gasteiger partial charge in [-0.05, 0) is 0 Å². The smallest absolute Gasteiger partial charge is 0.277 e. The molecule has 2 aromatic heterocycles. The van der Waals surface area contributed by atoms with Gasteiger partial charge in [-0.3, -0.25) is 9.89 Å². The van der Waals surface area contributed by atoms with Gasteiger partial charge in [-0.2, -0.15) is 13.8 Å². The molecular formula is C6H5N5OS. The van der Waals surface area contributed by atoms with Crippen molar-refractivity contribution in [3.05, 3.63) is 24.3 Å². The fourth-order valence-corrected chi connectivity index (χ4v) is 1.19. The van der Waals surface area contributed by atoms with E-state index in [1.54, 1.807) is 6.20 Å². The first-order valence-electron chi connectivity index (χ1n) is 3.44. The van der Waals surface area contributed by atoms with Crippen molar-refractivity contribution in [3.63, 3.8) is 0 Å². The van der Waals surface area contributed by atoms with Gasteiger partial charge in [0, 0.05) is 6.20 Å². The summed E-state index contributed by atoms with van der Waals surface area (Å²) in [5.74, 6) is -0.282. The van der Waals surface area contributed by atoms with Gasteiger partial charge in [-0.25, -0.2) is 0 Å². The predicted molar refractivity (Wildman–Crippen MR) is 46.4 cm³/mol. The van der Waals surface area contributed by atoms with Crippen LogP contribution in [0.1, 0.15) is 10.5 Å². The van der Waals surface area contributed by atoms with Gasteiger partial charge in [0.2, 0.25) is 0 Å². The maximum Gasteiger partial charge on any atom is 0.277 e. The number of carbonyl (C=O) groups excluding carboxylic acids is 1. The molecule has 1 amide bonds. The second-order valence-electron chi connectivity index (χ2n) is 2.23. The average molecular weight is 195 g/mol. The van der Waals surface area contributed by atoms with Crippen molar-refractivity contribution in [2.45, 2.75) is 0 Å². The molecule has 0 unspecified atom stereocenters. The van der Waals surface area contributed by atoms with Gasteiger partial charge in [-0.1, -0.05) is 0 Å². The number of anilines is 1. The summed E-state index contributed by atoms with van der Waals surface area (Å²) in [5, 5.41) is 8.86. The maximum absolute atomic E-state index is 11.3. The van der Waals surface area contributed by atoms with Crippen LogP contribution < -0.4 is 5.32 Å². The Labute approximate surface area is 77.3 Å². The molecule has 0 bridgehead atoms. The number of nitrogens with one attached hydrogen (secondary N) is 2. The highest BCUT2D eigenvalue weighted by Crippen LogP contribution is 2.04. The molecule has 0 atom stereocenters. The first-order chi connectivity index (χ1) is 6.36. The van der Waals surface area contributed by atoms with Crippen molar-refractivity contribution in [2.24, 2.45) is 0 Å². The minimum Gasteiger partial charge on any atom is -0.318 e. The summed E-state index contributed by atoms with van der Waals surface area (Å²) in [6.45, 7) is 0. The molecule has 2 N–H and O–H groups in total. The molecule has 0 aromatic carbocycles. The highest BCUT2D eigenvalue weighted by atomic mass is 32.1. The first-order valence-corrected chi connectivity index (χ1v) is 4.17. The highest BCUT2D eigenvalue weighted by Gasteiger charge is 2.08. The molecule has 2 heterocycles. The van der Waals surface area contributed by atoms with Crippen LogP contribution in [0.25, 0.3) is 0 Å². The average Bonchev–Trinajstić information content (AvgIpc) is 2.74. The lowest BCUT2D eigenvalue weighted by Gasteiger charge is -1.95. The van der Waals surface area contributed by atoms with Gasteiger partial charge in [0.25, 0.3) is 5.91 Å². The molecule has 0 saturated heterocycles. The van der Waals surface area contributed by atoms with E-state index >= 15 is 0 Å². The Bertz CT molecular complexity index is 381. The van der Waals surface area contributed by atoms with Crippen LogP contribution in [0.4, 0.5) is 5.69 Å². The lowest BCUT2D eigenvalue weighted by Crippen LogP contribution is -2.11. The maximum atomic E-state index is 11.3. The van der Waals surface area contributed by atoms with Crippen LogP contribution >= 0.6 is 11.7 Å². The summed E-state index contributed by atoms with van der Waals surface area (Å²) < 4.78 is 7.50. The van der Waals surface area contributed by atoms with E-state index in [4.69, 9.17) is 0 Å². The van der Waals surface area contributed by atoms with Crippen molar-refractivity contribution in [2.75, 3.05) is 5.32 Å². The van der Waals surface area contributed by atoms with Gasteiger partial charge in [0.1, 0.15) is 0 Å². The normalized spacial score (nSPS) is 9.85. The summed E-state index contributed by atoms with van der Waals surface area (Å²) in [4.78, 5) is 11.3. The van der Waals surface area contributed by atoms with Crippen molar-refractivity contribution in [3.8, 4) is 0 Å². The van der Waals surface area contributed by atoms with E-state index in [0.29, 0.717) is 11.4 Å². The Morgan fingerprint density at radius 3 is 3.08 bits per heavy atom. The molecule has 7 heteroatoms. The zero-order valence-corrected chi connectivity index (χ0v) is 7.21. The van der Waals surface area contributed by atoms with Gasteiger partial charge >= 0.3 is 0 Å². The lowest BCUT2D eigenvalue weighted by molar-refractivity contribution is 0.102.